The Morgan fingerprint density at radius 1 is 1.22 bits per heavy atom. The minimum Gasteiger partial charge on any atom is -0.443 e. The molecule has 0 spiro atoms. The maximum absolute atomic E-state index is 13.8. The summed E-state index contributed by atoms with van der Waals surface area (Å²) in [5.41, 5.74) is -0.873. The van der Waals surface area contributed by atoms with Crippen molar-refractivity contribution in [2.45, 2.75) is 44.6 Å². The molecule has 0 saturated heterocycles. The summed E-state index contributed by atoms with van der Waals surface area (Å²) in [6, 6.07) is 10.1. The van der Waals surface area contributed by atoms with Gasteiger partial charge in [0.15, 0.2) is 0 Å². The monoisotopic (exact) mass is 461 g/mol. The largest absolute Gasteiger partial charge is 0.443 e. The highest BCUT2D eigenvalue weighted by Gasteiger charge is 2.27. The normalized spacial score (nSPS) is 12.1. The van der Waals surface area contributed by atoms with Crippen LogP contribution >= 0.6 is 0 Å². The van der Waals surface area contributed by atoms with Crippen LogP contribution in [0.2, 0.25) is 0 Å². The Bertz CT molecular complexity index is 1350. The first-order valence-electron chi connectivity index (χ1n) is 9.53. The molecular weight excluding hydrogens is 440 g/mol. The van der Waals surface area contributed by atoms with Crippen LogP contribution in [0.4, 0.5) is 19.3 Å². The average Bonchev–Trinajstić information content (AvgIpc) is 3.11. The Hall–Kier alpha value is -3.45. The number of nitrogens with one attached hydrogen (secondary N) is 1. The van der Waals surface area contributed by atoms with E-state index >= 15 is 0 Å². The predicted octanol–water partition coefficient (Wildman–Crippen LogP) is 5.34. The van der Waals surface area contributed by atoms with Crippen LogP contribution in [0, 0.1) is 18.3 Å². The molecule has 0 aliphatic carbocycles. The molecule has 32 heavy (non-hydrogen) atoms. The molecular formula is C22H21F2N3O4S. The van der Waals surface area contributed by atoms with E-state index in [-0.39, 0.29) is 27.0 Å². The van der Waals surface area contributed by atoms with Crippen LogP contribution in [-0.2, 0) is 14.8 Å². The number of nitrogens with zero attached hydrogens (tertiary/aromatic N) is 2. The summed E-state index contributed by atoms with van der Waals surface area (Å²) in [5.74, 6) is 0. The lowest BCUT2D eigenvalue weighted by atomic mass is 10.1. The van der Waals surface area contributed by atoms with Crippen molar-refractivity contribution in [2.75, 3.05) is 4.72 Å². The molecule has 0 atom stereocenters. The van der Waals surface area contributed by atoms with Crippen LogP contribution < -0.4 is 4.72 Å². The summed E-state index contributed by atoms with van der Waals surface area (Å²) in [6.45, 7) is 6.47. The number of anilines is 1. The number of ether oxygens (including phenoxy) is 1. The zero-order chi connectivity index (χ0) is 23.8. The smallest absolute Gasteiger partial charge is 0.419 e. The van der Waals surface area contributed by atoms with Gasteiger partial charge in [-0.25, -0.2) is 26.6 Å². The summed E-state index contributed by atoms with van der Waals surface area (Å²) in [6.07, 6.45) is -2.86. The molecule has 0 bridgehead atoms. The third kappa shape index (κ3) is 4.57. The summed E-state index contributed by atoms with van der Waals surface area (Å²) < 4.78 is 62.0. The number of carbonyl (C=O) groups excluding carboxylic acids is 1. The van der Waals surface area contributed by atoms with E-state index in [1.807, 2.05) is 6.07 Å². The number of hydrogen-bond donors (Lipinski definition) is 1. The lowest BCUT2D eigenvalue weighted by molar-refractivity contribution is 0.0543. The number of carbonyl (C=O) groups is 1. The fourth-order valence-corrected chi connectivity index (χ4v) is 4.33. The highest BCUT2D eigenvalue weighted by molar-refractivity contribution is 7.92. The molecule has 0 fully saturated rings. The third-order valence-corrected chi connectivity index (χ3v) is 5.89. The summed E-state index contributed by atoms with van der Waals surface area (Å²) in [7, 11) is -4.19. The standard InChI is InChI=1S/C22H21F2N3O4S/c1-13-8-9-17(26-32(29,30)15-7-5-6-14(10-15)11-25)19-18(13)16(20(23)24)12-27(19)21(28)31-22(2,3)4/h5-10,12,20,26H,1-4H3. The number of sulfonamides is 1. The van der Waals surface area contributed by atoms with E-state index in [9.17, 15) is 22.0 Å². The van der Waals surface area contributed by atoms with Gasteiger partial charge in [-0.05, 0) is 57.5 Å². The molecule has 0 aliphatic heterocycles. The van der Waals surface area contributed by atoms with Gasteiger partial charge in [0.05, 0.1) is 27.7 Å². The van der Waals surface area contributed by atoms with Gasteiger partial charge in [0.25, 0.3) is 16.4 Å². The number of hydrogen-bond acceptors (Lipinski definition) is 5. The topological polar surface area (TPSA) is 101 Å². The number of alkyl halides is 2. The second-order valence-electron chi connectivity index (χ2n) is 8.13. The van der Waals surface area contributed by atoms with Gasteiger partial charge in [0.1, 0.15) is 5.60 Å². The van der Waals surface area contributed by atoms with Crippen molar-refractivity contribution >= 4 is 32.7 Å². The van der Waals surface area contributed by atoms with Gasteiger partial charge < -0.3 is 4.74 Å². The molecule has 10 heteroatoms. The zero-order valence-corrected chi connectivity index (χ0v) is 18.6. The van der Waals surface area contributed by atoms with Crippen LogP contribution in [0.5, 0.6) is 0 Å². The second kappa shape index (κ2) is 8.24. The number of benzene rings is 2. The molecule has 0 amide bonds. The zero-order valence-electron chi connectivity index (χ0n) is 17.8. The van der Waals surface area contributed by atoms with E-state index in [1.54, 1.807) is 27.7 Å². The molecule has 1 heterocycles. The average molecular weight is 461 g/mol. The minimum absolute atomic E-state index is 0.0467. The SMILES string of the molecule is Cc1ccc(NS(=O)(=O)c2cccc(C#N)c2)c2c1c(C(F)F)cn2C(=O)OC(C)(C)C. The number of halogens is 2. The lowest BCUT2D eigenvalue weighted by Gasteiger charge is -2.20. The van der Waals surface area contributed by atoms with Gasteiger partial charge in [-0.2, -0.15) is 5.26 Å². The van der Waals surface area contributed by atoms with E-state index in [4.69, 9.17) is 10.00 Å². The van der Waals surface area contributed by atoms with E-state index in [1.165, 1.54) is 36.4 Å². The van der Waals surface area contributed by atoms with Crippen LogP contribution in [0.1, 0.15) is 43.9 Å². The van der Waals surface area contributed by atoms with E-state index in [0.717, 1.165) is 10.8 Å². The molecule has 0 saturated carbocycles. The molecule has 0 radical (unpaired) electrons. The van der Waals surface area contributed by atoms with Crippen LogP contribution in [0.25, 0.3) is 10.9 Å². The van der Waals surface area contributed by atoms with Crippen molar-refractivity contribution in [2.24, 2.45) is 0 Å². The number of fused-ring (bicyclic) bond motifs is 1. The van der Waals surface area contributed by atoms with Crippen LogP contribution in [-0.4, -0.2) is 24.7 Å². The molecule has 0 unspecified atom stereocenters. The van der Waals surface area contributed by atoms with Crippen molar-refractivity contribution in [3.05, 3.63) is 59.3 Å². The first-order valence-corrected chi connectivity index (χ1v) is 11.0. The molecule has 2 aromatic carbocycles. The summed E-state index contributed by atoms with van der Waals surface area (Å²) >= 11 is 0. The predicted molar refractivity (Wildman–Crippen MR) is 115 cm³/mol. The van der Waals surface area contributed by atoms with Crippen molar-refractivity contribution in [3.63, 3.8) is 0 Å². The van der Waals surface area contributed by atoms with E-state index in [2.05, 4.69) is 4.72 Å². The van der Waals surface area contributed by atoms with Gasteiger partial charge in [0, 0.05) is 17.1 Å². The van der Waals surface area contributed by atoms with Crippen molar-refractivity contribution in [3.8, 4) is 6.07 Å². The quantitative estimate of drug-likeness (QED) is 0.565. The van der Waals surface area contributed by atoms with Crippen molar-refractivity contribution in [1.29, 1.82) is 5.26 Å². The van der Waals surface area contributed by atoms with Gasteiger partial charge >= 0.3 is 6.09 Å². The molecule has 3 aromatic rings. The van der Waals surface area contributed by atoms with Gasteiger partial charge in [0.2, 0.25) is 0 Å². The fourth-order valence-electron chi connectivity index (χ4n) is 3.21. The van der Waals surface area contributed by atoms with Gasteiger partial charge in [-0.1, -0.05) is 12.1 Å². The highest BCUT2D eigenvalue weighted by Crippen LogP contribution is 2.37. The molecule has 0 aliphatic rings. The molecule has 1 aromatic heterocycles. The summed E-state index contributed by atoms with van der Waals surface area (Å²) in [4.78, 5) is 12.6. The summed E-state index contributed by atoms with van der Waals surface area (Å²) in [5, 5.41) is 9.10. The lowest BCUT2D eigenvalue weighted by Crippen LogP contribution is -2.27. The Morgan fingerprint density at radius 3 is 2.50 bits per heavy atom. The number of rotatable bonds is 4. The minimum atomic E-state index is -4.19. The Kier molecular flexibility index (Phi) is 5.98. The molecule has 3 rings (SSSR count). The number of aromatic nitrogens is 1. The molecule has 7 nitrogen and oxygen atoms in total. The Morgan fingerprint density at radius 2 is 1.91 bits per heavy atom. The van der Waals surface area contributed by atoms with Crippen LogP contribution in [0.15, 0.2) is 47.5 Å². The first-order chi connectivity index (χ1) is 14.8. The maximum atomic E-state index is 13.8. The van der Waals surface area contributed by atoms with Crippen molar-refractivity contribution in [1.82, 2.24) is 4.57 Å². The fraction of sp³-hybridized carbons (Fsp3) is 0.273. The molecule has 168 valence electrons. The van der Waals surface area contributed by atoms with Gasteiger partial charge in [-0.3, -0.25) is 4.72 Å². The highest BCUT2D eigenvalue weighted by atomic mass is 32.2. The Balaban J connectivity index is 2.22. The number of nitriles is 1. The van der Waals surface area contributed by atoms with Crippen LogP contribution in [0.3, 0.4) is 0 Å². The third-order valence-electron chi connectivity index (χ3n) is 4.53. The molecule has 1 N–H and O–H groups in total. The van der Waals surface area contributed by atoms with Gasteiger partial charge in [-0.15, -0.1) is 0 Å². The van der Waals surface area contributed by atoms with Crippen molar-refractivity contribution < 1.29 is 26.7 Å². The second-order valence-corrected chi connectivity index (χ2v) is 9.82. The first kappa shape index (κ1) is 23.2. The van der Waals surface area contributed by atoms with E-state index < -0.39 is 33.7 Å². The maximum Gasteiger partial charge on any atom is 0.419 e. The number of aryl methyl sites for hydroxylation is 1. The Labute approximate surface area is 184 Å². The van der Waals surface area contributed by atoms with E-state index in [0.29, 0.717) is 5.56 Å².